The normalized spacial score (nSPS) is 14.1. The molecule has 1 rings (SSSR count). The van der Waals surface area contributed by atoms with Crippen LogP contribution in [0.15, 0.2) is 18.2 Å². The van der Waals surface area contributed by atoms with Crippen LogP contribution in [-0.4, -0.2) is 35.7 Å². The molecular formula is C14H22FNO. The zero-order chi connectivity index (χ0) is 13.2. The number of nitrogens with zero attached hydrogens (tertiary/aromatic N) is 1. The zero-order valence-corrected chi connectivity index (χ0v) is 11.3. The SMILES string of the molecule is Cc1cc(F)ccc1CC(O)C(C)(C)N(C)C. The first-order chi connectivity index (χ1) is 7.75. The van der Waals surface area contributed by atoms with E-state index in [4.69, 9.17) is 0 Å². The number of benzene rings is 1. The minimum atomic E-state index is -0.485. The summed E-state index contributed by atoms with van der Waals surface area (Å²) < 4.78 is 13.0. The molecular weight excluding hydrogens is 217 g/mol. The molecule has 0 amide bonds. The molecule has 1 unspecified atom stereocenters. The molecule has 0 aliphatic heterocycles. The van der Waals surface area contributed by atoms with Crippen molar-refractivity contribution in [3.63, 3.8) is 0 Å². The average molecular weight is 239 g/mol. The van der Waals surface area contributed by atoms with E-state index in [0.29, 0.717) is 6.42 Å². The summed E-state index contributed by atoms with van der Waals surface area (Å²) in [7, 11) is 3.89. The van der Waals surface area contributed by atoms with Gasteiger partial charge in [0.05, 0.1) is 6.10 Å². The van der Waals surface area contributed by atoms with E-state index in [1.807, 2.05) is 39.8 Å². The molecule has 0 bridgehead atoms. The maximum absolute atomic E-state index is 13.0. The molecule has 1 atom stereocenters. The van der Waals surface area contributed by atoms with Gasteiger partial charge in [0.25, 0.3) is 0 Å². The predicted molar refractivity (Wildman–Crippen MR) is 68.6 cm³/mol. The van der Waals surface area contributed by atoms with Gasteiger partial charge in [0.2, 0.25) is 0 Å². The topological polar surface area (TPSA) is 23.5 Å². The van der Waals surface area contributed by atoms with Crippen molar-refractivity contribution >= 4 is 0 Å². The molecule has 0 heterocycles. The van der Waals surface area contributed by atoms with E-state index in [2.05, 4.69) is 0 Å². The molecule has 0 aliphatic carbocycles. The van der Waals surface area contributed by atoms with Crippen molar-refractivity contribution in [1.29, 1.82) is 0 Å². The summed E-state index contributed by atoms with van der Waals surface area (Å²) in [5.41, 5.74) is 1.58. The molecule has 2 nitrogen and oxygen atoms in total. The fourth-order valence-electron chi connectivity index (χ4n) is 1.64. The van der Waals surface area contributed by atoms with Crippen molar-refractivity contribution < 1.29 is 9.50 Å². The second kappa shape index (κ2) is 5.15. The fourth-order valence-corrected chi connectivity index (χ4v) is 1.64. The molecule has 0 spiro atoms. The third kappa shape index (κ3) is 3.27. The molecule has 0 radical (unpaired) electrons. The number of aliphatic hydroxyl groups excluding tert-OH is 1. The molecule has 0 aliphatic rings. The van der Waals surface area contributed by atoms with Gasteiger partial charge in [-0.15, -0.1) is 0 Å². The van der Waals surface area contributed by atoms with Gasteiger partial charge in [-0.3, -0.25) is 0 Å². The van der Waals surface area contributed by atoms with Crippen LogP contribution < -0.4 is 0 Å². The molecule has 1 aromatic rings. The second-order valence-electron chi connectivity index (χ2n) is 5.34. The molecule has 1 aromatic carbocycles. The van der Waals surface area contributed by atoms with E-state index in [0.717, 1.165) is 11.1 Å². The van der Waals surface area contributed by atoms with Crippen LogP contribution in [0, 0.1) is 12.7 Å². The van der Waals surface area contributed by atoms with Gasteiger partial charge in [-0.25, -0.2) is 4.39 Å². The lowest BCUT2D eigenvalue weighted by Crippen LogP contribution is -2.49. The summed E-state index contributed by atoms with van der Waals surface area (Å²) in [6.07, 6.45) is 0.0544. The highest BCUT2D eigenvalue weighted by atomic mass is 19.1. The minimum Gasteiger partial charge on any atom is -0.391 e. The Balaban J connectivity index is 2.84. The fraction of sp³-hybridized carbons (Fsp3) is 0.571. The van der Waals surface area contributed by atoms with Crippen molar-refractivity contribution in [1.82, 2.24) is 4.90 Å². The first kappa shape index (κ1) is 14.1. The van der Waals surface area contributed by atoms with Crippen LogP contribution in [-0.2, 0) is 6.42 Å². The van der Waals surface area contributed by atoms with E-state index in [-0.39, 0.29) is 11.4 Å². The van der Waals surface area contributed by atoms with Gasteiger partial charge >= 0.3 is 0 Å². The number of hydrogen-bond donors (Lipinski definition) is 1. The van der Waals surface area contributed by atoms with Gasteiger partial charge in [-0.2, -0.15) is 0 Å². The Morgan fingerprint density at radius 3 is 2.41 bits per heavy atom. The summed E-state index contributed by atoms with van der Waals surface area (Å²) in [6.45, 7) is 5.86. The van der Waals surface area contributed by atoms with Crippen LogP contribution in [0.4, 0.5) is 4.39 Å². The lowest BCUT2D eigenvalue weighted by molar-refractivity contribution is 0.0182. The molecule has 1 N–H and O–H groups in total. The first-order valence-corrected chi connectivity index (χ1v) is 5.85. The number of aryl methyl sites for hydroxylation is 1. The monoisotopic (exact) mass is 239 g/mol. The van der Waals surface area contributed by atoms with Gasteiger partial charge in [0.1, 0.15) is 5.82 Å². The molecule has 17 heavy (non-hydrogen) atoms. The molecule has 0 saturated carbocycles. The van der Waals surface area contributed by atoms with Crippen molar-refractivity contribution in [2.24, 2.45) is 0 Å². The molecule has 3 heteroatoms. The Morgan fingerprint density at radius 2 is 1.94 bits per heavy atom. The van der Waals surface area contributed by atoms with Gasteiger partial charge in [-0.1, -0.05) is 6.07 Å². The molecule has 96 valence electrons. The zero-order valence-electron chi connectivity index (χ0n) is 11.3. The lowest BCUT2D eigenvalue weighted by atomic mass is 9.89. The van der Waals surface area contributed by atoms with Gasteiger partial charge in [-0.05, 0) is 58.1 Å². The van der Waals surface area contributed by atoms with Crippen LogP contribution in [0.5, 0.6) is 0 Å². The Hall–Kier alpha value is -0.930. The van der Waals surface area contributed by atoms with Crippen molar-refractivity contribution in [3.05, 3.63) is 35.1 Å². The highest BCUT2D eigenvalue weighted by Crippen LogP contribution is 2.21. The minimum absolute atomic E-state index is 0.229. The number of aliphatic hydroxyl groups is 1. The van der Waals surface area contributed by atoms with Crippen LogP contribution in [0.2, 0.25) is 0 Å². The third-order valence-corrected chi connectivity index (χ3v) is 3.69. The van der Waals surface area contributed by atoms with E-state index in [1.54, 1.807) is 6.07 Å². The number of hydrogen-bond acceptors (Lipinski definition) is 2. The Kier molecular flexibility index (Phi) is 4.28. The highest BCUT2D eigenvalue weighted by molar-refractivity contribution is 5.27. The number of halogens is 1. The van der Waals surface area contributed by atoms with Crippen LogP contribution in [0.1, 0.15) is 25.0 Å². The van der Waals surface area contributed by atoms with E-state index < -0.39 is 6.10 Å². The summed E-state index contributed by atoms with van der Waals surface area (Å²) in [6, 6.07) is 4.70. The molecule has 0 saturated heterocycles. The summed E-state index contributed by atoms with van der Waals surface area (Å²) in [5, 5.41) is 10.3. The smallest absolute Gasteiger partial charge is 0.123 e. The molecule has 0 fully saturated rings. The van der Waals surface area contributed by atoms with Crippen LogP contribution >= 0.6 is 0 Å². The van der Waals surface area contributed by atoms with Crippen LogP contribution in [0.25, 0.3) is 0 Å². The first-order valence-electron chi connectivity index (χ1n) is 5.85. The van der Waals surface area contributed by atoms with Gasteiger partial charge < -0.3 is 10.0 Å². The predicted octanol–water partition coefficient (Wildman–Crippen LogP) is 2.38. The largest absolute Gasteiger partial charge is 0.391 e. The highest BCUT2D eigenvalue weighted by Gasteiger charge is 2.30. The quantitative estimate of drug-likeness (QED) is 0.872. The van der Waals surface area contributed by atoms with Gasteiger partial charge in [0, 0.05) is 12.0 Å². The average Bonchev–Trinajstić information content (AvgIpc) is 2.21. The Labute approximate surface area is 103 Å². The van der Waals surface area contributed by atoms with E-state index in [9.17, 15) is 9.50 Å². The lowest BCUT2D eigenvalue weighted by Gasteiger charge is -2.37. The Bertz CT molecular complexity index is 388. The van der Waals surface area contributed by atoms with Crippen molar-refractivity contribution in [3.8, 4) is 0 Å². The van der Waals surface area contributed by atoms with E-state index in [1.165, 1.54) is 12.1 Å². The van der Waals surface area contributed by atoms with Crippen LogP contribution in [0.3, 0.4) is 0 Å². The maximum atomic E-state index is 13.0. The van der Waals surface area contributed by atoms with Crippen molar-refractivity contribution in [2.45, 2.75) is 38.8 Å². The summed E-state index contributed by atoms with van der Waals surface area (Å²) in [5.74, 6) is -0.229. The second-order valence-corrected chi connectivity index (χ2v) is 5.34. The van der Waals surface area contributed by atoms with Crippen molar-refractivity contribution in [2.75, 3.05) is 14.1 Å². The maximum Gasteiger partial charge on any atom is 0.123 e. The number of rotatable bonds is 4. The summed E-state index contributed by atoms with van der Waals surface area (Å²) >= 11 is 0. The Morgan fingerprint density at radius 1 is 1.35 bits per heavy atom. The third-order valence-electron chi connectivity index (χ3n) is 3.69. The van der Waals surface area contributed by atoms with Gasteiger partial charge in [0.15, 0.2) is 0 Å². The summed E-state index contributed by atoms with van der Waals surface area (Å²) in [4.78, 5) is 2.00. The molecule has 0 aromatic heterocycles. The standard InChI is InChI=1S/C14H22FNO/c1-10-8-12(15)7-6-11(10)9-13(17)14(2,3)16(4)5/h6-8,13,17H,9H2,1-5H3. The van der Waals surface area contributed by atoms with E-state index >= 15 is 0 Å². The number of likely N-dealkylation sites (N-methyl/N-ethyl adjacent to an activating group) is 1.